The molecule has 0 aliphatic carbocycles. The molecule has 1 aliphatic rings. The van der Waals surface area contributed by atoms with Crippen LogP contribution in [0.4, 0.5) is 10.2 Å². The molecular formula is C16H16FN5O4S. The van der Waals surface area contributed by atoms with Crippen LogP contribution in [0.15, 0.2) is 18.5 Å². The quantitative estimate of drug-likeness (QED) is 0.765. The Labute approximate surface area is 154 Å². The van der Waals surface area contributed by atoms with Crippen molar-refractivity contribution in [2.45, 2.75) is 12.5 Å². The Bertz CT molecular complexity index is 1050. The van der Waals surface area contributed by atoms with Gasteiger partial charge in [-0.1, -0.05) is 0 Å². The van der Waals surface area contributed by atoms with Gasteiger partial charge in [0.05, 0.1) is 29.3 Å². The van der Waals surface area contributed by atoms with Crippen molar-refractivity contribution < 1.29 is 22.7 Å². The lowest BCUT2D eigenvalue weighted by Gasteiger charge is -2.37. The molecule has 1 aliphatic heterocycles. The van der Waals surface area contributed by atoms with Crippen molar-refractivity contribution in [3.8, 4) is 6.07 Å². The summed E-state index contributed by atoms with van der Waals surface area (Å²) in [6.07, 6.45) is 2.40. The number of carbonyl (C=O) groups is 1. The average molecular weight is 393 g/mol. The van der Waals surface area contributed by atoms with E-state index in [9.17, 15) is 22.7 Å². The first-order chi connectivity index (χ1) is 12.7. The smallest absolute Gasteiger partial charge is 0.308 e. The minimum absolute atomic E-state index is 0.0649. The van der Waals surface area contributed by atoms with Crippen LogP contribution in [-0.4, -0.2) is 54.8 Å². The Balaban J connectivity index is 2.01. The van der Waals surface area contributed by atoms with Crippen molar-refractivity contribution in [2.75, 3.05) is 24.2 Å². The molecule has 11 heteroatoms. The van der Waals surface area contributed by atoms with Crippen LogP contribution in [0.2, 0.25) is 0 Å². The fourth-order valence-electron chi connectivity index (χ4n) is 3.24. The van der Waals surface area contributed by atoms with Gasteiger partial charge in [0, 0.05) is 24.5 Å². The maximum Gasteiger partial charge on any atom is 0.308 e. The van der Waals surface area contributed by atoms with Gasteiger partial charge in [0.15, 0.2) is 0 Å². The number of nitrogens with one attached hydrogen (secondary N) is 1. The molecule has 2 N–H and O–H groups in total. The molecule has 142 valence electrons. The number of sulfonamides is 1. The van der Waals surface area contributed by atoms with E-state index in [1.54, 1.807) is 11.0 Å². The third-order valence-corrected chi connectivity index (χ3v) is 5.15. The zero-order valence-corrected chi connectivity index (χ0v) is 15.1. The second kappa shape index (κ2) is 7.05. The molecule has 0 saturated carbocycles. The number of rotatable bonds is 4. The number of nitriles is 1. The van der Waals surface area contributed by atoms with Crippen molar-refractivity contribution in [3.63, 3.8) is 0 Å². The van der Waals surface area contributed by atoms with E-state index < -0.39 is 33.8 Å². The van der Waals surface area contributed by atoms with Crippen LogP contribution in [0.1, 0.15) is 12.0 Å². The van der Waals surface area contributed by atoms with Crippen molar-refractivity contribution in [3.05, 3.63) is 29.8 Å². The van der Waals surface area contributed by atoms with Crippen LogP contribution >= 0.6 is 0 Å². The highest BCUT2D eigenvalue weighted by atomic mass is 32.2. The van der Waals surface area contributed by atoms with Crippen LogP contribution in [0.3, 0.4) is 0 Å². The Morgan fingerprint density at radius 2 is 2.19 bits per heavy atom. The number of fused-ring (bicyclic) bond motifs is 1. The second-order valence-corrected chi connectivity index (χ2v) is 8.11. The zero-order valence-electron chi connectivity index (χ0n) is 14.3. The Hall–Kier alpha value is -2.84. The van der Waals surface area contributed by atoms with Crippen LogP contribution in [-0.2, 0) is 14.8 Å². The molecule has 1 aromatic heterocycles. The number of benzene rings is 1. The molecule has 2 aromatic rings. The molecule has 1 aromatic carbocycles. The van der Waals surface area contributed by atoms with Gasteiger partial charge in [-0.3, -0.25) is 4.79 Å². The normalized spacial score (nSPS) is 20.4. The predicted octanol–water partition coefficient (Wildman–Crippen LogP) is 0.469. The summed E-state index contributed by atoms with van der Waals surface area (Å²) in [5, 5.41) is 18.9. The number of carboxylic acids is 1. The highest BCUT2D eigenvalue weighted by molar-refractivity contribution is 7.88. The number of aliphatic carboxylic acids is 1. The number of carboxylic acid groups (broad SMARTS) is 1. The van der Waals surface area contributed by atoms with Crippen molar-refractivity contribution in [2.24, 2.45) is 5.92 Å². The van der Waals surface area contributed by atoms with Gasteiger partial charge < -0.3 is 10.0 Å². The molecule has 0 radical (unpaired) electrons. The van der Waals surface area contributed by atoms with E-state index in [0.717, 1.165) is 12.3 Å². The molecule has 0 bridgehead atoms. The third kappa shape index (κ3) is 3.96. The van der Waals surface area contributed by atoms with Gasteiger partial charge in [-0.05, 0) is 12.5 Å². The van der Waals surface area contributed by atoms with Gasteiger partial charge in [0.1, 0.15) is 24.0 Å². The highest BCUT2D eigenvalue weighted by Gasteiger charge is 2.36. The number of anilines is 1. The largest absolute Gasteiger partial charge is 0.481 e. The minimum atomic E-state index is -3.62. The van der Waals surface area contributed by atoms with Gasteiger partial charge in [-0.15, -0.1) is 0 Å². The van der Waals surface area contributed by atoms with E-state index in [4.69, 9.17) is 5.26 Å². The Morgan fingerprint density at radius 1 is 1.44 bits per heavy atom. The molecule has 0 spiro atoms. The van der Waals surface area contributed by atoms with E-state index in [-0.39, 0.29) is 18.5 Å². The summed E-state index contributed by atoms with van der Waals surface area (Å²) in [7, 11) is -3.62. The maximum atomic E-state index is 13.8. The van der Waals surface area contributed by atoms with Gasteiger partial charge in [-0.2, -0.15) is 5.26 Å². The van der Waals surface area contributed by atoms with Gasteiger partial charge in [0.2, 0.25) is 10.0 Å². The summed E-state index contributed by atoms with van der Waals surface area (Å²) in [4.78, 5) is 21.4. The van der Waals surface area contributed by atoms with Crippen molar-refractivity contribution >= 4 is 32.7 Å². The monoisotopic (exact) mass is 393 g/mol. The predicted molar refractivity (Wildman–Crippen MR) is 93.9 cm³/mol. The van der Waals surface area contributed by atoms with Gasteiger partial charge in [-0.25, -0.2) is 27.5 Å². The topological polar surface area (TPSA) is 136 Å². The number of halogens is 1. The summed E-state index contributed by atoms with van der Waals surface area (Å²) >= 11 is 0. The summed E-state index contributed by atoms with van der Waals surface area (Å²) in [5.74, 6) is -2.27. The molecule has 9 nitrogen and oxygen atoms in total. The van der Waals surface area contributed by atoms with Crippen LogP contribution in [0.25, 0.3) is 10.9 Å². The van der Waals surface area contributed by atoms with E-state index in [1.165, 1.54) is 12.4 Å². The van der Waals surface area contributed by atoms with E-state index in [0.29, 0.717) is 23.3 Å². The zero-order chi connectivity index (χ0) is 19.8. The Morgan fingerprint density at radius 3 is 2.81 bits per heavy atom. The lowest BCUT2D eigenvalue weighted by molar-refractivity contribution is -0.143. The first-order valence-electron chi connectivity index (χ1n) is 7.99. The average Bonchev–Trinajstić information content (AvgIpc) is 2.58. The van der Waals surface area contributed by atoms with Crippen molar-refractivity contribution in [1.29, 1.82) is 5.26 Å². The fraction of sp³-hybridized carbons (Fsp3) is 0.375. The maximum absolute atomic E-state index is 13.8. The molecule has 2 heterocycles. The third-order valence-electron chi connectivity index (χ3n) is 4.42. The van der Waals surface area contributed by atoms with E-state index >= 15 is 0 Å². The lowest BCUT2D eigenvalue weighted by atomic mass is 9.92. The lowest BCUT2D eigenvalue weighted by Crippen LogP contribution is -2.54. The highest BCUT2D eigenvalue weighted by Crippen LogP contribution is 2.29. The molecule has 1 saturated heterocycles. The molecular weight excluding hydrogens is 377 g/mol. The van der Waals surface area contributed by atoms with Crippen molar-refractivity contribution in [1.82, 2.24) is 14.7 Å². The molecule has 3 rings (SSSR count). The summed E-state index contributed by atoms with van der Waals surface area (Å²) < 4.78 is 39.4. The first-order valence-corrected chi connectivity index (χ1v) is 9.88. The van der Waals surface area contributed by atoms with Gasteiger partial charge >= 0.3 is 5.97 Å². The van der Waals surface area contributed by atoms with Crippen LogP contribution in [0, 0.1) is 23.1 Å². The SMILES string of the molecule is CS(=O)(=O)NC1CN(c2ncnc3cc(F)c(C#N)cc23)CCC1C(=O)O. The van der Waals surface area contributed by atoms with Crippen LogP contribution in [0.5, 0.6) is 0 Å². The van der Waals surface area contributed by atoms with Crippen LogP contribution < -0.4 is 9.62 Å². The second-order valence-electron chi connectivity index (χ2n) is 6.33. The number of nitrogens with zero attached hydrogens (tertiary/aromatic N) is 4. The van der Waals surface area contributed by atoms with E-state index in [1.807, 2.05) is 0 Å². The fourth-order valence-corrected chi connectivity index (χ4v) is 4.02. The minimum Gasteiger partial charge on any atom is -0.481 e. The number of hydrogen-bond donors (Lipinski definition) is 2. The molecule has 2 atom stereocenters. The summed E-state index contributed by atoms with van der Waals surface area (Å²) in [5.41, 5.74) is 0.134. The molecule has 27 heavy (non-hydrogen) atoms. The molecule has 1 fully saturated rings. The van der Waals surface area contributed by atoms with Gasteiger partial charge in [0.25, 0.3) is 0 Å². The number of hydrogen-bond acceptors (Lipinski definition) is 7. The molecule has 2 unspecified atom stereocenters. The number of piperidine rings is 1. The molecule has 0 amide bonds. The van der Waals surface area contributed by atoms with E-state index in [2.05, 4.69) is 14.7 Å². The Kier molecular flexibility index (Phi) is 4.95. The number of aromatic nitrogens is 2. The first kappa shape index (κ1) is 18.9. The summed E-state index contributed by atoms with van der Waals surface area (Å²) in [6.45, 7) is 0.375. The standard InChI is InChI=1S/C16H16FN5O4S/c1-27(25,26)21-14-7-22(3-2-10(14)16(23)24)15-11-4-9(6-18)12(17)5-13(11)19-8-20-15/h4-5,8,10,14,21H,2-3,7H2,1H3,(H,23,24). The summed E-state index contributed by atoms with van der Waals surface area (Å²) in [6, 6.07) is 3.38.